The van der Waals surface area contributed by atoms with Crippen LogP contribution in [-0.4, -0.2) is 61.7 Å². The fourth-order valence-electron chi connectivity index (χ4n) is 3.36. The quantitative estimate of drug-likeness (QED) is 0.576. The van der Waals surface area contributed by atoms with E-state index >= 15 is 0 Å². The van der Waals surface area contributed by atoms with Crippen molar-refractivity contribution in [1.82, 2.24) is 29.7 Å². The highest BCUT2D eigenvalue weighted by Crippen LogP contribution is 2.18. The summed E-state index contributed by atoms with van der Waals surface area (Å²) in [4.78, 5) is 32.0. The summed E-state index contributed by atoms with van der Waals surface area (Å²) < 4.78 is 3.06. The van der Waals surface area contributed by atoms with E-state index < -0.39 is 5.91 Å². The first kappa shape index (κ1) is 19.1. The fourth-order valence-corrected chi connectivity index (χ4v) is 3.36. The van der Waals surface area contributed by atoms with E-state index in [1.807, 2.05) is 18.7 Å². The van der Waals surface area contributed by atoms with Crippen molar-refractivity contribution in [1.29, 1.82) is 0 Å². The second kappa shape index (κ2) is 7.63. The molecule has 4 heterocycles. The van der Waals surface area contributed by atoms with Crippen molar-refractivity contribution in [3.05, 3.63) is 35.8 Å². The first-order valence-electron chi connectivity index (χ1n) is 9.74. The monoisotopic (exact) mass is 396 g/mol. The number of fused-ring (bicyclic) bond motifs is 1. The fraction of sp³-hybridized carbons (Fsp3) is 0.421. The van der Waals surface area contributed by atoms with E-state index in [-0.39, 0.29) is 17.5 Å². The Bertz CT molecular complexity index is 1060. The van der Waals surface area contributed by atoms with Gasteiger partial charge in [0, 0.05) is 20.1 Å². The van der Waals surface area contributed by atoms with E-state index in [0.29, 0.717) is 22.8 Å². The highest BCUT2D eigenvalue weighted by atomic mass is 16.2. The second-order valence-electron chi connectivity index (χ2n) is 6.95. The lowest BCUT2D eigenvalue weighted by molar-refractivity contribution is 0.0894. The first-order chi connectivity index (χ1) is 14.0. The van der Waals surface area contributed by atoms with Gasteiger partial charge in [-0.1, -0.05) is 0 Å². The van der Waals surface area contributed by atoms with Crippen LogP contribution in [0.2, 0.25) is 0 Å². The van der Waals surface area contributed by atoms with Crippen LogP contribution in [0.15, 0.2) is 24.5 Å². The lowest BCUT2D eigenvalue weighted by Crippen LogP contribution is -2.48. The molecule has 3 aromatic heterocycles. The van der Waals surface area contributed by atoms with Crippen molar-refractivity contribution in [3.63, 3.8) is 0 Å². The zero-order valence-electron chi connectivity index (χ0n) is 16.7. The number of anilines is 2. The number of ketones is 1. The van der Waals surface area contributed by atoms with Crippen molar-refractivity contribution in [2.24, 2.45) is 7.05 Å². The van der Waals surface area contributed by atoms with Gasteiger partial charge in [0.1, 0.15) is 5.69 Å². The predicted molar refractivity (Wildman–Crippen MR) is 108 cm³/mol. The van der Waals surface area contributed by atoms with Gasteiger partial charge in [-0.3, -0.25) is 14.3 Å². The van der Waals surface area contributed by atoms with Gasteiger partial charge in [0.25, 0.3) is 5.91 Å². The zero-order chi connectivity index (χ0) is 20.5. The Morgan fingerprint density at radius 3 is 2.72 bits per heavy atom. The van der Waals surface area contributed by atoms with Crippen molar-refractivity contribution < 1.29 is 9.59 Å². The molecular weight excluding hydrogens is 372 g/mol. The lowest BCUT2D eigenvalue weighted by atomic mass is 9.97. The van der Waals surface area contributed by atoms with Crippen LogP contribution in [0.5, 0.6) is 0 Å². The van der Waals surface area contributed by atoms with Crippen LogP contribution in [0.1, 0.15) is 41.1 Å². The Hall–Kier alpha value is -3.27. The average molecular weight is 396 g/mol. The number of carbonyl (C=O) groups excluding carboxylic acids is 2. The molecule has 0 aromatic carbocycles. The van der Waals surface area contributed by atoms with E-state index in [1.165, 1.54) is 10.9 Å². The molecule has 0 saturated carbocycles. The molecule has 10 heteroatoms. The lowest BCUT2D eigenvalue weighted by Gasteiger charge is -2.25. The molecule has 3 aromatic rings. The van der Waals surface area contributed by atoms with E-state index in [0.717, 1.165) is 26.1 Å². The van der Waals surface area contributed by atoms with Gasteiger partial charge in [-0.05, 0) is 38.9 Å². The van der Waals surface area contributed by atoms with Gasteiger partial charge in [-0.15, -0.1) is 5.10 Å². The number of nitrogens with zero attached hydrogens (tertiary/aromatic N) is 6. The summed E-state index contributed by atoms with van der Waals surface area (Å²) in [5.41, 5.74) is 1.82. The summed E-state index contributed by atoms with van der Waals surface area (Å²) in [6, 6.07) is 3.32. The number of hydrogen-bond acceptors (Lipinski definition) is 7. The molecule has 1 aliphatic rings. The van der Waals surface area contributed by atoms with Gasteiger partial charge < -0.3 is 15.5 Å². The maximum atomic E-state index is 12.9. The van der Waals surface area contributed by atoms with Gasteiger partial charge in [0.05, 0.1) is 29.7 Å². The summed E-state index contributed by atoms with van der Waals surface area (Å²) >= 11 is 0. The number of aryl methyl sites for hydroxylation is 1. The van der Waals surface area contributed by atoms with E-state index in [2.05, 4.69) is 25.8 Å². The molecule has 1 aliphatic heterocycles. The zero-order valence-corrected chi connectivity index (χ0v) is 16.7. The Labute approximate surface area is 167 Å². The molecule has 0 radical (unpaired) electrons. The third kappa shape index (κ3) is 3.46. The average Bonchev–Trinajstić information content (AvgIpc) is 3.24. The maximum absolute atomic E-state index is 12.9. The van der Waals surface area contributed by atoms with Gasteiger partial charge in [0.2, 0.25) is 5.95 Å². The normalized spacial score (nSPS) is 15.9. The molecule has 10 nitrogen and oxygen atoms in total. The number of amides is 1. The number of carbonyl (C=O) groups is 2. The number of rotatable bonds is 7. The molecule has 152 valence electrons. The van der Waals surface area contributed by atoms with Crippen LogP contribution in [-0.2, 0) is 7.05 Å². The Morgan fingerprint density at radius 1 is 1.31 bits per heavy atom. The van der Waals surface area contributed by atoms with Crippen molar-refractivity contribution in [2.45, 2.75) is 26.3 Å². The Morgan fingerprint density at radius 2 is 2.07 bits per heavy atom. The molecule has 1 unspecified atom stereocenters. The Balaban J connectivity index is 1.58. The summed E-state index contributed by atoms with van der Waals surface area (Å²) in [5.74, 6) is 0.146. The summed E-state index contributed by atoms with van der Waals surface area (Å²) in [5, 5.41) is 14.5. The SMILES string of the molecule is CCN(CC)c1nc2ccc(NC(=O)c3c(C(=O)C4CCN4)cnn3C)cn2n1. The second-order valence-corrected chi connectivity index (χ2v) is 6.95. The van der Waals surface area contributed by atoms with Crippen LogP contribution in [0.3, 0.4) is 0 Å². The first-order valence-corrected chi connectivity index (χ1v) is 9.74. The van der Waals surface area contributed by atoms with E-state index in [1.54, 1.807) is 29.9 Å². The van der Waals surface area contributed by atoms with Crippen molar-refractivity contribution >= 4 is 29.0 Å². The van der Waals surface area contributed by atoms with Crippen LogP contribution in [0, 0.1) is 0 Å². The number of Topliss-reactive ketones (excluding diaryl/α,β-unsaturated/α-hetero) is 1. The molecule has 0 bridgehead atoms. The van der Waals surface area contributed by atoms with E-state index in [4.69, 9.17) is 0 Å². The molecule has 1 atom stereocenters. The van der Waals surface area contributed by atoms with Gasteiger partial charge in [-0.2, -0.15) is 10.1 Å². The number of pyridine rings is 1. The number of nitrogens with one attached hydrogen (secondary N) is 2. The van der Waals surface area contributed by atoms with Crippen LogP contribution in [0.4, 0.5) is 11.6 Å². The smallest absolute Gasteiger partial charge is 0.274 e. The van der Waals surface area contributed by atoms with Gasteiger partial charge >= 0.3 is 0 Å². The van der Waals surface area contributed by atoms with Crippen LogP contribution in [0.25, 0.3) is 5.65 Å². The molecule has 4 rings (SSSR count). The molecule has 0 spiro atoms. The Kier molecular flexibility index (Phi) is 5.01. The van der Waals surface area contributed by atoms with Crippen molar-refractivity contribution in [3.8, 4) is 0 Å². The van der Waals surface area contributed by atoms with Crippen molar-refractivity contribution in [2.75, 3.05) is 29.9 Å². The standard InChI is InChI=1S/C19H24N8O2/c1-4-26(5-2)19-23-15-7-6-12(11-27(15)24-19)22-18(29)16-13(10-21-25(16)3)17(28)14-8-9-20-14/h6-7,10-11,14,20H,4-5,8-9H2,1-3H3,(H,22,29). The summed E-state index contributed by atoms with van der Waals surface area (Å²) in [6.45, 7) is 6.53. The van der Waals surface area contributed by atoms with Gasteiger partial charge in [0.15, 0.2) is 11.4 Å². The summed E-state index contributed by atoms with van der Waals surface area (Å²) in [6.07, 6.45) is 3.93. The molecule has 29 heavy (non-hydrogen) atoms. The largest absolute Gasteiger partial charge is 0.340 e. The minimum Gasteiger partial charge on any atom is -0.340 e. The summed E-state index contributed by atoms with van der Waals surface area (Å²) in [7, 11) is 1.65. The predicted octanol–water partition coefficient (Wildman–Crippen LogP) is 1.11. The van der Waals surface area contributed by atoms with Gasteiger partial charge in [-0.25, -0.2) is 4.52 Å². The maximum Gasteiger partial charge on any atom is 0.274 e. The molecular formula is C19H24N8O2. The number of hydrogen-bond donors (Lipinski definition) is 2. The minimum absolute atomic E-state index is 0.106. The van der Waals surface area contributed by atoms with E-state index in [9.17, 15) is 9.59 Å². The van der Waals surface area contributed by atoms with Crippen LogP contribution >= 0.6 is 0 Å². The van der Waals surface area contributed by atoms with Crippen LogP contribution < -0.4 is 15.5 Å². The molecule has 2 N–H and O–H groups in total. The third-order valence-corrected chi connectivity index (χ3v) is 5.18. The molecule has 1 amide bonds. The molecule has 1 saturated heterocycles. The highest BCUT2D eigenvalue weighted by Gasteiger charge is 2.31. The molecule has 1 fully saturated rings. The third-order valence-electron chi connectivity index (χ3n) is 5.18. The topological polar surface area (TPSA) is 109 Å². The highest BCUT2D eigenvalue weighted by molar-refractivity contribution is 6.13. The molecule has 0 aliphatic carbocycles. The number of aromatic nitrogens is 5. The minimum atomic E-state index is -0.392.